The zero-order chi connectivity index (χ0) is 12.5. The highest BCUT2D eigenvalue weighted by molar-refractivity contribution is 9.10. The average Bonchev–Trinajstić information content (AvgIpc) is 2.70. The van der Waals surface area contributed by atoms with Crippen LogP contribution in [-0.2, 0) is 6.42 Å². The van der Waals surface area contributed by atoms with Crippen LogP contribution in [0, 0.1) is 0 Å². The number of hydrogen-bond acceptors (Lipinski definition) is 3. The summed E-state index contributed by atoms with van der Waals surface area (Å²) >= 11 is 5.21. The van der Waals surface area contributed by atoms with Gasteiger partial charge in [-0.1, -0.05) is 28.1 Å². The Kier molecular flexibility index (Phi) is 3.06. The van der Waals surface area contributed by atoms with Crippen LogP contribution in [0.1, 0.15) is 10.6 Å². The predicted molar refractivity (Wildman–Crippen MR) is 81.0 cm³/mol. The van der Waals surface area contributed by atoms with Crippen molar-refractivity contribution in [2.45, 2.75) is 6.42 Å². The standard InChI is InChI=1S/C14H11BrN2S/c15-10-4-5-12-13(8-10)18-14(17-12)7-9-2-1-3-11(16)6-9/h1-6,8H,7,16H2. The summed E-state index contributed by atoms with van der Waals surface area (Å²) in [6.45, 7) is 0. The Hall–Kier alpha value is -1.39. The molecule has 0 atom stereocenters. The number of fused-ring (bicyclic) bond motifs is 1. The van der Waals surface area contributed by atoms with Crippen molar-refractivity contribution < 1.29 is 0 Å². The summed E-state index contributed by atoms with van der Waals surface area (Å²) in [6.07, 6.45) is 0.835. The van der Waals surface area contributed by atoms with E-state index >= 15 is 0 Å². The number of rotatable bonds is 2. The molecule has 1 heterocycles. The second-order valence-electron chi connectivity index (χ2n) is 4.14. The maximum absolute atomic E-state index is 5.78. The Morgan fingerprint density at radius 2 is 2.06 bits per heavy atom. The lowest BCUT2D eigenvalue weighted by molar-refractivity contribution is 1.16. The van der Waals surface area contributed by atoms with Crippen LogP contribution in [0.2, 0.25) is 0 Å². The van der Waals surface area contributed by atoms with Crippen LogP contribution in [0.3, 0.4) is 0 Å². The highest BCUT2D eigenvalue weighted by Gasteiger charge is 2.05. The molecule has 0 bridgehead atoms. The van der Waals surface area contributed by atoms with E-state index in [1.54, 1.807) is 11.3 Å². The van der Waals surface area contributed by atoms with Gasteiger partial charge in [0, 0.05) is 16.6 Å². The fourth-order valence-corrected chi connectivity index (χ4v) is 3.45. The van der Waals surface area contributed by atoms with Gasteiger partial charge in [0.1, 0.15) is 0 Å². The molecule has 0 radical (unpaired) electrons. The lowest BCUT2D eigenvalue weighted by atomic mass is 10.1. The minimum Gasteiger partial charge on any atom is -0.399 e. The van der Waals surface area contributed by atoms with Crippen LogP contribution in [0.4, 0.5) is 5.69 Å². The lowest BCUT2D eigenvalue weighted by Gasteiger charge is -1.98. The van der Waals surface area contributed by atoms with Crippen LogP contribution >= 0.6 is 27.3 Å². The molecule has 3 rings (SSSR count). The molecule has 0 spiro atoms. The number of anilines is 1. The van der Waals surface area contributed by atoms with E-state index in [1.807, 2.05) is 30.3 Å². The molecule has 0 aliphatic carbocycles. The topological polar surface area (TPSA) is 38.9 Å². The lowest BCUT2D eigenvalue weighted by Crippen LogP contribution is -1.90. The Balaban J connectivity index is 1.95. The van der Waals surface area contributed by atoms with E-state index in [9.17, 15) is 0 Å². The molecule has 0 saturated heterocycles. The van der Waals surface area contributed by atoms with E-state index in [4.69, 9.17) is 5.73 Å². The fraction of sp³-hybridized carbons (Fsp3) is 0.0714. The number of nitrogen functional groups attached to an aromatic ring is 1. The van der Waals surface area contributed by atoms with Crippen molar-refractivity contribution >= 4 is 43.2 Å². The average molecular weight is 319 g/mol. The minimum atomic E-state index is 0.802. The first-order valence-corrected chi connectivity index (χ1v) is 7.21. The Labute approximate surface area is 118 Å². The van der Waals surface area contributed by atoms with E-state index in [-0.39, 0.29) is 0 Å². The van der Waals surface area contributed by atoms with Gasteiger partial charge >= 0.3 is 0 Å². The van der Waals surface area contributed by atoms with Crippen LogP contribution in [-0.4, -0.2) is 4.98 Å². The summed E-state index contributed by atoms with van der Waals surface area (Å²) in [5.74, 6) is 0. The van der Waals surface area contributed by atoms with Crippen molar-refractivity contribution in [1.29, 1.82) is 0 Å². The molecule has 4 heteroatoms. The van der Waals surface area contributed by atoms with Gasteiger partial charge in [-0.2, -0.15) is 0 Å². The summed E-state index contributed by atoms with van der Waals surface area (Å²) < 4.78 is 2.30. The number of thiazole rings is 1. The molecule has 18 heavy (non-hydrogen) atoms. The molecule has 0 saturated carbocycles. The van der Waals surface area contributed by atoms with E-state index < -0.39 is 0 Å². The molecule has 2 aromatic carbocycles. The summed E-state index contributed by atoms with van der Waals surface area (Å²) in [6, 6.07) is 14.1. The maximum atomic E-state index is 5.78. The predicted octanol–water partition coefficient (Wildman–Crippen LogP) is 4.23. The number of nitrogens with zero attached hydrogens (tertiary/aromatic N) is 1. The molecule has 0 amide bonds. The van der Waals surface area contributed by atoms with Gasteiger partial charge in [0.25, 0.3) is 0 Å². The van der Waals surface area contributed by atoms with Crippen molar-refractivity contribution in [3.05, 3.63) is 57.5 Å². The van der Waals surface area contributed by atoms with Crippen molar-refractivity contribution in [2.75, 3.05) is 5.73 Å². The van der Waals surface area contributed by atoms with Crippen LogP contribution in [0.25, 0.3) is 10.2 Å². The molecule has 90 valence electrons. The summed E-state index contributed by atoms with van der Waals surface area (Å²) in [7, 11) is 0. The minimum absolute atomic E-state index is 0.802. The molecule has 0 fully saturated rings. The van der Waals surface area contributed by atoms with Gasteiger partial charge in [-0.15, -0.1) is 11.3 Å². The number of benzene rings is 2. The smallest absolute Gasteiger partial charge is 0.0982 e. The Morgan fingerprint density at radius 3 is 2.89 bits per heavy atom. The first-order valence-electron chi connectivity index (χ1n) is 5.60. The first-order chi connectivity index (χ1) is 8.70. The van der Waals surface area contributed by atoms with Crippen molar-refractivity contribution in [3.8, 4) is 0 Å². The van der Waals surface area contributed by atoms with Gasteiger partial charge in [0.05, 0.1) is 15.2 Å². The molecule has 3 aromatic rings. The first kappa shape index (κ1) is 11.7. The summed E-state index contributed by atoms with van der Waals surface area (Å²) in [4.78, 5) is 4.64. The molecule has 0 aliphatic heterocycles. The van der Waals surface area contributed by atoms with Crippen LogP contribution in [0.15, 0.2) is 46.9 Å². The van der Waals surface area contributed by atoms with E-state index in [0.717, 1.165) is 27.1 Å². The molecule has 1 aromatic heterocycles. The molecule has 2 nitrogen and oxygen atoms in total. The maximum Gasteiger partial charge on any atom is 0.0982 e. The third-order valence-corrected chi connectivity index (χ3v) is 4.21. The molecule has 0 aliphatic rings. The van der Waals surface area contributed by atoms with Crippen LogP contribution < -0.4 is 5.73 Å². The number of halogens is 1. The van der Waals surface area contributed by atoms with Gasteiger partial charge in [-0.25, -0.2) is 4.98 Å². The SMILES string of the molecule is Nc1cccc(Cc2nc3ccc(Br)cc3s2)c1. The van der Waals surface area contributed by atoms with Gasteiger partial charge in [-0.3, -0.25) is 0 Å². The molecule has 0 unspecified atom stereocenters. The van der Waals surface area contributed by atoms with Crippen molar-refractivity contribution in [1.82, 2.24) is 4.98 Å². The van der Waals surface area contributed by atoms with Gasteiger partial charge < -0.3 is 5.73 Å². The summed E-state index contributed by atoms with van der Waals surface area (Å²) in [5.41, 5.74) is 8.85. The van der Waals surface area contributed by atoms with Crippen LogP contribution in [0.5, 0.6) is 0 Å². The monoisotopic (exact) mass is 318 g/mol. The quantitative estimate of drug-likeness (QED) is 0.718. The largest absolute Gasteiger partial charge is 0.399 e. The van der Waals surface area contributed by atoms with Crippen molar-refractivity contribution in [2.24, 2.45) is 0 Å². The van der Waals surface area contributed by atoms with E-state index in [1.165, 1.54) is 10.3 Å². The second kappa shape index (κ2) is 4.71. The normalized spacial score (nSPS) is 10.9. The number of nitrogens with two attached hydrogens (primary N) is 1. The highest BCUT2D eigenvalue weighted by atomic mass is 79.9. The van der Waals surface area contributed by atoms with Crippen molar-refractivity contribution in [3.63, 3.8) is 0 Å². The van der Waals surface area contributed by atoms with Gasteiger partial charge in [0.15, 0.2) is 0 Å². The Morgan fingerprint density at radius 1 is 1.17 bits per heavy atom. The Bertz CT molecular complexity index is 706. The highest BCUT2D eigenvalue weighted by Crippen LogP contribution is 2.27. The molecular weight excluding hydrogens is 308 g/mol. The van der Waals surface area contributed by atoms with E-state index in [0.29, 0.717) is 0 Å². The zero-order valence-corrected chi connectivity index (χ0v) is 12.0. The molecular formula is C14H11BrN2S. The third kappa shape index (κ3) is 2.40. The molecule has 2 N–H and O–H groups in total. The number of aromatic nitrogens is 1. The van der Waals surface area contributed by atoms with Gasteiger partial charge in [-0.05, 0) is 35.9 Å². The second-order valence-corrected chi connectivity index (χ2v) is 6.17. The van der Waals surface area contributed by atoms with E-state index in [2.05, 4.69) is 33.0 Å². The summed E-state index contributed by atoms with van der Waals surface area (Å²) in [5, 5.41) is 1.12. The fourth-order valence-electron chi connectivity index (χ4n) is 1.90. The third-order valence-electron chi connectivity index (χ3n) is 2.70. The number of hydrogen-bond donors (Lipinski definition) is 1. The van der Waals surface area contributed by atoms with Gasteiger partial charge in [0.2, 0.25) is 0 Å². The zero-order valence-electron chi connectivity index (χ0n) is 9.56.